The van der Waals surface area contributed by atoms with Gasteiger partial charge in [-0.15, -0.1) is 0 Å². The van der Waals surface area contributed by atoms with Gasteiger partial charge in [0.2, 0.25) is 5.91 Å². The molecular formula is C19H26N6O3S. The number of aliphatic hydroxyl groups excluding tert-OH is 1. The van der Waals surface area contributed by atoms with Crippen LogP contribution in [0.2, 0.25) is 0 Å². The highest BCUT2D eigenvalue weighted by molar-refractivity contribution is 7.19. The van der Waals surface area contributed by atoms with E-state index < -0.39 is 23.6 Å². The molecule has 1 aliphatic heterocycles. The molecule has 2 atom stereocenters. The van der Waals surface area contributed by atoms with E-state index in [1.807, 2.05) is 33.8 Å². The number of nitrogens with one attached hydrogen (secondary N) is 1. The number of amides is 3. The normalized spacial score (nSPS) is 22.0. The van der Waals surface area contributed by atoms with E-state index in [4.69, 9.17) is 5.73 Å². The van der Waals surface area contributed by atoms with Crippen LogP contribution in [0, 0.1) is 6.92 Å². The molecule has 0 saturated carbocycles. The smallest absolute Gasteiger partial charge is 0.324 e. The van der Waals surface area contributed by atoms with Crippen molar-refractivity contribution in [1.82, 2.24) is 19.9 Å². The summed E-state index contributed by atoms with van der Waals surface area (Å²) >= 11 is 1.29. The zero-order valence-electron chi connectivity index (χ0n) is 17.2. The summed E-state index contributed by atoms with van der Waals surface area (Å²) in [5.74, 6) is 0.0626. The number of rotatable bonds is 3. The lowest BCUT2D eigenvalue weighted by atomic mass is 9.95. The van der Waals surface area contributed by atoms with Crippen LogP contribution in [0.1, 0.15) is 45.6 Å². The van der Waals surface area contributed by atoms with E-state index in [1.165, 1.54) is 16.2 Å². The molecular weight excluding hydrogens is 392 g/mol. The number of thiazole rings is 1. The molecule has 2 aromatic heterocycles. The molecule has 3 amide bonds. The van der Waals surface area contributed by atoms with Crippen LogP contribution in [0.4, 0.5) is 9.93 Å². The van der Waals surface area contributed by atoms with Crippen molar-refractivity contribution < 1.29 is 14.7 Å². The number of aryl methyl sites for hydroxylation is 1. The van der Waals surface area contributed by atoms with Gasteiger partial charge in [-0.3, -0.25) is 10.1 Å². The average molecular weight is 419 g/mol. The van der Waals surface area contributed by atoms with Crippen molar-refractivity contribution in [2.24, 2.45) is 5.73 Å². The number of primary amides is 1. The molecule has 2 aromatic rings. The molecule has 1 aliphatic rings. The number of aliphatic hydroxyl groups is 1. The molecule has 0 radical (unpaired) electrons. The first kappa shape index (κ1) is 21.1. The molecule has 0 aromatic carbocycles. The minimum Gasteiger partial charge on any atom is -0.391 e. The largest absolute Gasteiger partial charge is 0.391 e. The van der Waals surface area contributed by atoms with E-state index in [0.29, 0.717) is 5.13 Å². The van der Waals surface area contributed by atoms with E-state index in [0.717, 1.165) is 22.1 Å². The monoisotopic (exact) mass is 418 g/mol. The third kappa shape index (κ3) is 4.08. The van der Waals surface area contributed by atoms with E-state index in [2.05, 4.69) is 20.3 Å². The lowest BCUT2D eigenvalue weighted by Gasteiger charge is -2.31. The minimum atomic E-state index is -1.24. The Labute approximate surface area is 173 Å². The molecule has 3 heterocycles. The predicted molar refractivity (Wildman–Crippen MR) is 111 cm³/mol. The molecule has 1 saturated heterocycles. The first-order valence-electron chi connectivity index (χ1n) is 9.30. The van der Waals surface area contributed by atoms with Crippen molar-refractivity contribution >= 4 is 28.4 Å². The first-order chi connectivity index (χ1) is 13.4. The molecule has 3 rings (SSSR count). The van der Waals surface area contributed by atoms with Gasteiger partial charge in [-0.25, -0.2) is 19.7 Å². The summed E-state index contributed by atoms with van der Waals surface area (Å²) in [6.07, 6.45) is 1.02. The Morgan fingerprint density at radius 3 is 2.69 bits per heavy atom. The maximum Gasteiger partial charge on any atom is 0.324 e. The predicted octanol–water partition coefficient (Wildman–Crippen LogP) is 2.05. The van der Waals surface area contributed by atoms with Gasteiger partial charge in [0.05, 0.1) is 22.4 Å². The second kappa shape index (κ2) is 7.34. The summed E-state index contributed by atoms with van der Waals surface area (Å²) in [6, 6.07) is 1.28. The topological polar surface area (TPSA) is 134 Å². The number of aromatic nitrogens is 3. The van der Waals surface area contributed by atoms with Gasteiger partial charge in [0.1, 0.15) is 11.4 Å². The Kier molecular flexibility index (Phi) is 5.35. The average Bonchev–Trinajstić information content (AvgIpc) is 3.14. The molecule has 0 aliphatic carbocycles. The number of β-amino-alcohol motifs (C(OH)–C–C–N with tert-alkyl or cyclic N) is 1. The number of carbonyl (C=O) groups is 2. The molecule has 0 unspecified atom stereocenters. The number of likely N-dealkylation sites (tertiary alicyclic amines) is 1. The Bertz CT molecular complexity index is 954. The van der Waals surface area contributed by atoms with Crippen molar-refractivity contribution in [3.63, 3.8) is 0 Å². The van der Waals surface area contributed by atoms with Crippen LogP contribution < -0.4 is 11.1 Å². The second-order valence-electron chi connectivity index (χ2n) is 8.49. The number of carbonyl (C=O) groups excluding carboxylic acids is 2. The number of urea groups is 1. The Hall–Kier alpha value is -2.59. The van der Waals surface area contributed by atoms with Gasteiger partial charge in [0.25, 0.3) is 0 Å². The number of anilines is 1. The summed E-state index contributed by atoms with van der Waals surface area (Å²) < 4.78 is 0. The van der Waals surface area contributed by atoms with E-state index >= 15 is 0 Å². The lowest BCUT2D eigenvalue weighted by molar-refractivity contribution is -0.126. The Morgan fingerprint density at radius 1 is 1.38 bits per heavy atom. The van der Waals surface area contributed by atoms with Crippen molar-refractivity contribution in [2.45, 2.75) is 58.1 Å². The summed E-state index contributed by atoms with van der Waals surface area (Å²) in [5, 5.41) is 13.0. The number of hydrogen-bond donors (Lipinski definition) is 3. The minimum absolute atomic E-state index is 0.0311. The molecule has 10 heteroatoms. The number of nitrogens with zero attached hydrogens (tertiary/aromatic N) is 4. The van der Waals surface area contributed by atoms with Crippen LogP contribution >= 0.6 is 11.3 Å². The van der Waals surface area contributed by atoms with Crippen LogP contribution in [-0.2, 0) is 10.2 Å². The molecule has 9 nitrogen and oxygen atoms in total. The lowest BCUT2D eigenvalue weighted by Crippen LogP contribution is -2.55. The quantitative estimate of drug-likeness (QED) is 0.698. The second-order valence-corrected chi connectivity index (χ2v) is 9.48. The fourth-order valence-electron chi connectivity index (χ4n) is 3.28. The zero-order chi connectivity index (χ0) is 21.6. The highest BCUT2D eigenvalue weighted by atomic mass is 32.1. The van der Waals surface area contributed by atoms with Gasteiger partial charge in [-0.1, -0.05) is 32.1 Å². The molecule has 156 valence electrons. The molecule has 1 fully saturated rings. The highest BCUT2D eigenvalue weighted by Gasteiger charge is 2.48. The maximum absolute atomic E-state index is 12.8. The fourth-order valence-corrected chi connectivity index (χ4v) is 4.21. The van der Waals surface area contributed by atoms with Gasteiger partial charge < -0.3 is 15.7 Å². The van der Waals surface area contributed by atoms with Crippen molar-refractivity contribution in [3.05, 3.63) is 23.8 Å². The van der Waals surface area contributed by atoms with Crippen LogP contribution in [0.25, 0.3) is 10.6 Å². The third-order valence-electron chi connectivity index (χ3n) is 4.97. The van der Waals surface area contributed by atoms with Gasteiger partial charge in [-0.05, 0) is 19.9 Å². The summed E-state index contributed by atoms with van der Waals surface area (Å²) in [7, 11) is 0. The summed E-state index contributed by atoms with van der Waals surface area (Å²) in [4.78, 5) is 40.1. The van der Waals surface area contributed by atoms with Crippen molar-refractivity contribution in [1.29, 1.82) is 0 Å². The van der Waals surface area contributed by atoms with E-state index in [-0.39, 0.29) is 18.4 Å². The zero-order valence-corrected chi connectivity index (χ0v) is 18.0. The van der Waals surface area contributed by atoms with Crippen LogP contribution in [0.15, 0.2) is 12.3 Å². The highest BCUT2D eigenvalue weighted by Crippen LogP contribution is 2.34. The number of nitrogens with two attached hydrogens (primary N) is 1. The Morgan fingerprint density at radius 2 is 2.07 bits per heavy atom. The van der Waals surface area contributed by atoms with Gasteiger partial charge in [-0.2, -0.15) is 0 Å². The SMILES string of the molecule is Cc1nc(NC(=O)N2C[C@H](O)C[C@@]2(C)C(N)=O)sc1-c1ccnc(C(C)(C)C)n1. The van der Waals surface area contributed by atoms with Gasteiger partial charge >= 0.3 is 6.03 Å². The summed E-state index contributed by atoms with van der Waals surface area (Å²) in [6.45, 7) is 9.54. The maximum atomic E-state index is 12.8. The first-order valence-corrected chi connectivity index (χ1v) is 10.1. The molecule has 0 bridgehead atoms. The van der Waals surface area contributed by atoms with Gasteiger partial charge in [0, 0.05) is 24.6 Å². The molecule has 0 spiro atoms. The van der Waals surface area contributed by atoms with Crippen molar-refractivity contribution in [2.75, 3.05) is 11.9 Å². The standard InChI is InChI=1S/C19H26N6O3S/c1-10-13(12-6-7-21-15(23-12)18(2,3)4)29-16(22-10)24-17(28)25-9-11(26)8-19(25,5)14(20)27/h6-7,11,26H,8-9H2,1-5H3,(H2,20,27)(H,22,24,28)/t11-,19+/m1/s1. The summed E-state index contributed by atoms with van der Waals surface area (Å²) in [5.41, 5.74) is 5.49. The van der Waals surface area contributed by atoms with E-state index in [1.54, 1.807) is 13.1 Å². The Balaban J connectivity index is 1.84. The molecule has 4 N–H and O–H groups in total. The van der Waals surface area contributed by atoms with E-state index in [9.17, 15) is 14.7 Å². The van der Waals surface area contributed by atoms with Crippen LogP contribution in [0.5, 0.6) is 0 Å². The van der Waals surface area contributed by atoms with Crippen LogP contribution in [-0.4, -0.2) is 55.1 Å². The van der Waals surface area contributed by atoms with Gasteiger partial charge in [0.15, 0.2) is 5.13 Å². The third-order valence-corrected chi connectivity index (χ3v) is 6.06. The van der Waals surface area contributed by atoms with Crippen molar-refractivity contribution in [3.8, 4) is 10.6 Å². The molecule has 29 heavy (non-hydrogen) atoms. The number of hydrogen-bond acceptors (Lipinski definition) is 7. The fraction of sp³-hybridized carbons (Fsp3) is 0.526. The van der Waals surface area contributed by atoms with Crippen LogP contribution in [0.3, 0.4) is 0 Å².